The van der Waals surface area contributed by atoms with E-state index in [0.29, 0.717) is 23.2 Å². The quantitative estimate of drug-likeness (QED) is 0.463. The first kappa shape index (κ1) is 25.5. The predicted octanol–water partition coefficient (Wildman–Crippen LogP) is 4.22. The molecule has 8 nitrogen and oxygen atoms in total. The van der Waals surface area contributed by atoms with Gasteiger partial charge in [-0.05, 0) is 61.7 Å². The number of carbonyl (C=O) groups is 1. The summed E-state index contributed by atoms with van der Waals surface area (Å²) in [5.41, 5.74) is 0.623. The number of anilines is 2. The van der Waals surface area contributed by atoms with E-state index >= 15 is 0 Å². The second-order valence-electron chi connectivity index (χ2n) is 9.21. The molecule has 1 amide bonds. The highest BCUT2D eigenvalue weighted by molar-refractivity contribution is 7.89. The molecule has 182 valence electrons. The fourth-order valence-electron chi connectivity index (χ4n) is 3.35. The topological polar surface area (TPSA) is 109 Å². The van der Waals surface area contributed by atoms with Crippen molar-refractivity contribution in [3.63, 3.8) is 0 Å². The van der Waals surface area contributed by atoms with Crippen molar-refractivity contribution in [2.75, 3.05) is 29.9 Å². The maximum Gasteiger partial charge on any atom is 0.349 e. The number of nitrogens with zero attached hydrogens (tertiary/aromatic N) is 1. The summed E-state index contributed by atoms with van der Waals surface area (Å²) in [5.74, 6) is -0.634. The van der Waals surface area contributed by atoms with Gasteiger partial charge in [0.05, 0.1) is 4.90 Å². The van der Waals surface area contributed by atoms with Crippen LogP contribution < -0.4 is 20.6 Å². The molecule has 0 aliphatic rings. The Hall–Kier alpha value is -3.17. The summed E-state index contributed by atoms with van der Waals surface area (Å²) in [6, 6.07) is 12.8. The standard InChI is InChI=1S/C25H31N3O5S/c1-6-28(7-2)19-11-8-17-14-21(24(30)33-22(17)15-19)23(29)27-18-9-12-20(13-10-18)34(31,32)26-16-25(3,4)5/h8-15,26H,6-7,16H2,1-5H3,(H,27,29). The van der Waals surface area contributed by atoms with Crippen LogP contribution in [0.15, 0.2) is 62.6 Å². The van der Waals surface area contributed by atoms with Crippen LogP contribution in [0.3, 0.4) is 0 Å². The lowest BCUT2D eigenvalue weighted by molar-refractivity contribution is 0.102. The molecule has 1 aromatic heterocycles. The van der Waals surface area contributed by atoms with Crippen LogP contribution in [0.5, 0.6) is 0 Å². The summed E-state index contributed by atoms with van der Waals surface area (Å²) in [5, 5.41) is 3.26. The fraction of sp³-hybridized carbons (Fsp3) is 0.360. The Labute approximate surface area is 200 Å². The first-order valence-corrected chi connectivity index (χ1v) is 12.7. The van der Waals surface area contributed by atoms with E-state index in [-0.39, 0.29) is 15.9 Å². The summed E-state index contributed by atoms with van der Waals surface area (Å²) in [6.45, 7) is 11.8. The molecule has 0 spiro atoms. The Bertz CT molecular complexity index is 1340. The van der Waals surface area contributed by atoms with Crippen molar-refractivity contribution in [1.82, 2.24) is 4.72 Å². The van der Waals surface area contributed by atoms with Gasteiger partial charge in [-0.15, -0.1) is 0 Å². The molecule has 0 aliphatic carbocycles. The van der Waals surface area contributed by atoms with Gasteiger partial charge in [-0.2, -0.15) is 0 Å². The van der Waals surface area contributed by atoms with E-state index in [1.807, 2.05) is 46.8 Å². The summed E-state index contributed by atoms with van der Waals surface area (Å²) >= 11 is 0. The van der Waals surface area contributed by atoms with Crippen LogP contribution in [0.1, 0.15) is 45.0 Å². The molecule has 34 heavy (non-hydrogen) atoms. The maximum absolute atomic E-state index is 12.7. The zero-order valence-corrected chi connectivity index (χ0v) is 21.0. The Balaban J connectivity index is 1.78. The largest absolute Gasteiger partial charge is 0.422 e. The van der Waals surface area contributed by atoms with Crippen molar-refractivity contribution in [3.05, 3.63) is 64.5 Å². The molecule has 1 heterocycles. The van der Waals surface area contributed by atoms with E-state index in [1.165, 1.54) is 30.3 Å². The molecule has 0 saturated heterocycles. The van der Waals surface area contributed by atoms with E-state index in [1.54, 1.807) is 6.07 Å². The smallest absolute Gasteiger partial charge is 0.349 e. The lowest BCUT2D eigenvalue weighted by Gasteiger charge is -2.21. The molecular weight excluding hydrogens is 454 g/mol. The zero-order chi connectivity index (χ0) is 25.1. The molecule has 0 fully saturated rings. The van der Waals surface area contributed by atoms with Crippen molar-refractivity contribution < 1.29 is 17.6 Å². The Kier molecular flexibility index (Phi) is 7.48. The second kappa shape index (κ2) is 9.99. The number of sulfonamides is 1. The first-order valence-electron chi connectivity index (χ1n) is 11.2. The highest BCUT2D eigenvalue weighted by Crippen LogP contribution is 2.22. The third-order valence-electron chi connectivity index (χ3n) is 5.31. The van der Waals surface area contributed by atoms with E-state index in [0.717, 1.165) is 18.8 Å². The van der Waals surface area contributed by atoms with Gasteiger partial charge in [0.1, 0.15) is 11.1 Å². The van der Waals surface area contributed by atoms with Crippen LogP contribution >= 0.6 is 0 Å². The molecule has 3 aromatic rings. The number of rotatable bonds is 8. The van der Waals surface area contributed by atoms with Gasteiger partial charge >= 0.3 is 5.63 Å². The number of carbonyl (C=O) groups excluding carboxylic acids is 1. The zero-order valence-electron chi connectivity index (χ0n) is 20.1. The minimum atomic E-state index is -3.67. The van der Waals surface area contributed by atoms with Crippen LogP contribution in [0.25, 0.3) is 11.0 Å². The molecule has 2 aromatic carbocycles. The third-order valence-corrected chi connectivity index (χ3v) is 6.72. The van der Waals surface area contributed by atoms with Crippen LogP contribution in [0, 0.1) is 5.41 Å². The number of hydrogen-bond acceptors (Lipinski definition) is 6. The van der Waals surface area contributed by atoms with Crippen LogP contribution in [0.4, 0.5) is 11.4 Å². The van der Waals surface area contributed by atoms with E-state index in [9.17, 15) is 18.0 Å². The number of benzene rings is 2. The summed E-state index contributed by atoms with van der Waals surface area (Å²) in [6.07, 6.45) is 0. The van der Waals surface area contributed by atoms with Crippen molar-refractivity contribution in [2.24, 2.45) is 5.41 Å². The average Bonchev–Trinajstić information content (AvgIpc) is 2.78. The van der Waals surface area contributed by atoms with Gasteiger partial charge in [-0.3, -0.25) is 4.79 Å². The Morgan fingerprint density at radius 2 is 1.65 bits per heavy atom. The number of hydrogen-bond donors (Lipinski definition) is 2. The van der Waals surface area contributed by atoms with Crippen LogP contribution in [0.2, 0.25) is 0 Å². The van der Waals surface area contributed by atoms with Gasteiger partial charge in [-0.1, -0.05) is 20.8 Å². The molecule has 0 radical (unpaired) electrons. The number of nitrogens with one attached hydrogen (secondary N) is 2. The van der Waals surface area contributed by atoms with Crippen molar-refractivity contribution in [3.8, 4) is 0 Å². The van der Waals surface area contributed by atoms with Gasteiger partial charge in [0.15, 0.2) is 0 Å². The van der Waals surface area contributed by atoms with Crippen LogP contribution in [-0.4, -0.2) is 34.0 Å². The molecular formula is C25H31N3O5S. The molecule has 9 heteroatoms. The van der Waals surface area contributed by atoms with Gasteiger partial charge in [0, 0.05) is 42.5 Å². The minimum absolute atomic E-state index is 0.0870. The SMILES string of the molecule is CCN(CC)c1ccc2cc(C(=O)Nc3ccc(S(=O)(=O)NCC(C)(C)C)cc3)c(=O)oc2c1. The normalized spacial score (nSPS) is 12.0. The molecule has 3 rings (SSSR count). The first-order chi connectivity index (χ1) is 15.9. The minimum Gasteiger partial charge on any atom is -0.422 e. The molecule has 0 aliphatic heterocycles. The number of amides is 1. The lowest BCUT2D eigenvalue weighted by atomic mass is 9.98. The second-order valence-corrected chi connectivity index (χ2v) is 11.0. The highest BCUT2D eigenvalue weighted by Gasteiger charge is 2.19. The van der Waals surface area contributed by atoms with Gasteiger partial charge in [0.2, 0.25) is 10.0 Å². The van der Waals surface area contributed by atoms with Gasteiger partial charge < -0.3 is 14.6 Å². The fourth-order valence-corrected chi connectivity index (χ4v) is 4.64. The molecule has 0 unspecified atom stereocenters. The average molecular weight is 486 g/mol. The third kappa shape index (κ3) is 6.03. The van der Waals surface area contributed by atoms with Gasteiger partial charge in [-0.25, -0.2) is 17.9 Å². The van der Waals surface area contributed by atoms with Crippen molar-refractivity contribution in [1.29, 1.82) is 0 Å². The van der Waals surface area contributed by atoms with E-state index in [2.05, 4.69) is 14.9 Å². The number of fused-ring (bicyclic) bond motifs is 1. The molecule has 0 atom stereocenters. The highest BCUT2D eigenvalue weighted by atomic mass is 32.2. The summed E-state index contributed by atoms with van der Waals surface area (Å²) in [4.78, 5) is 27.4. The Morgan fingerprint density at radius 1 is 1.00 bits per heavy atom. The van der Waals surface area contributed by atoms with Gasteiger partial charge in [0.25, 0.3) is 5.91 Å². The molecule has 2 N–H and O–H groups in total. The van der Waals surface area contributed by atoms with E-state index < -0.39 is 21.6 Å². The maximum atomic E-state index is 12.7. The van der Waals surface area contributed by atoms with Crippen molar-refractivity contribution in [2.45, 2.75) is 39.5 Å². The Morgan fingerprint density at radius 3 is 2.24 bits per heavy atom. The monoisotopic (exact) mass is 485 g/mol. The predicted molar refractivity (Wildman–Crippen MR) is 135 cm³/mol. The molecule has 0 bridgehead atoms. The summed E-state index contributed by atoms with van der Waals surface area (Å²) < 4.78 is 32.9. The van der Waals surface area contributed by atoms with E-state index in [4.69, 9.17) is 4.42 Å². The van der Waals surface area contributed by atoms with Crippen molar-refractivity contribution >= 4 is 38.3 Å². The van der Waals surface area contributed by atoms with Crippen LogP contribution in [-0.2, 0) is 10.0 Å². The summed E-state index contributed by atoms with van der Waals surface area (Å²) in [7, 11) is -3.67. The lowest BCUT2D eigenvalue weighted by Crippen LogP contribution is -2.32. The molecule has 0 saturated carbocycles.